The number of nitrogens with zero attached hydrogens (tertiary/aromatic N) is 1. The van der Waals surface area contributed by atoms with Crippen molar-refractivity contribution < 1.29 is 0 Å². The maximum absolute atomic E-state index is 11.5. The molecular formula is C10H15N3O. The molecule has 0 unspecified atom stereocenters. The molecule has 14 heavy (non-hydrogen) atoms. The third kappa shape index (κ3) is 1.64. The zero-order valence-electron chi connectivity index (χ0n) is 8.55. The molecule has 4 nitrogen and oxygen atoms in total. The lowest BCUT2D eigenvalue weighted by atomic mass is 10.3. The second kappa shape index (κ2) is 3.44. The molecule has 0 saturated heterocycles. The van der Waals surface area contributed by atoms with Crippen molar-refractivity contribution in [3.05, 3.63) is 21.7 Å². The Morgan fingerprint density at radius 1 is 1.57 bits per heavy atom. The van der Waals surface area contributed by atoms with Crippen LogP contribution in [0.2, 0.25) is 0 Å². The van der Waals surface area contributed by atoms with Crippen LogP contribution in [0.5, 0.6) is 0 Å². The van der Waals surface area contributed by atoms with E-state index in [1.807, 2.05) is 6.92 Å². The molecule has 2 N–H and O–H groups in total. The smallest absolute Gasteiger partial charge is 0.255 e. The SMILES string of the molecule is CCNc1nc(C2CC2)[nH]c(=O)c1C. The van der Waals surface area contributed by atoms with Gasteiger partial charge >= 0.3 is 0 Å². The Morgan fingerprint density at radius 3 is 2.86 bits per heavy atom. The lowest BCUT2D eigenvalue weighted by Crippen LogP contribution is -2.17. The minimum Gasteiger partial charge on any atom is -0.370 e. The molecule has 0 bridgehead atoms. The van der Waals surface area contributed by atoms with E-state index in [1.165, 1.54) is 0 Å². The Labute approximate surface area is 82.8 Å². The average Bonchev–Trinajstić information content (AvgIpc) is 2.96. The van der Waals surface area contributed by atoms with Gasteiger partial charge in [0.25, 0.3) is 5.56 Å². The highest BCUT2D eigenvalue weighted by atomic mass is 16.1. The van der Waals surface area contributed by atoms with Crippen molar-refractivity contribution in [1.82, 2.24) is 9.97 Å². The lowest BCUT2D eigenvalue weighted by molar-refractivity contribution is 0.894. The van der Waals surface area contributed by atoms with Gasteiger partial charge in [-0.15, -0.1) is 0 Å². The molecule has 1 aromatic rings. The summed E-state index contributed by atoms with van der Waals surface area (Å²) in [6, 6.07) is 0. The van der Waals surface area contributed by atoms with Crippen LogP contribution in [0.4, 0.5) is 5.82 Å². The van der Waals surface area contributed by atoms with Crippen molar-refractivity contribution in [3.8, 4) is 0 Å². The highest BCUT2D eigenvalue weighted by Gasteiger charge is 2.26. The second-order valence-corrected chi connectivity index (χ2v) is 3.73. The second-order valence-electron chi connectivity index (χ2n) is 3.73. The van der Waals surface area contributed by atoms with Gasteiger partial charge in [-0.25, -0.2) is 4.98 Å². The molecule has 2 rings (SSSR count). The van der Waals surface area contributed by atoms with E-state index in [9.17, 15) is 4.79 Å². The number of nitrogens with one attached hydrogen (secondary N) is 2. The largest absolute Gasteiger partial charge is 0.370 e. The van der Waals surface area contributed by atoms with E-state index in [-0.39, 0.29) is 5.56 Å². The summed E-state index contributed by atoms with van der Waals surface area (Å²) in [5, 5.41) is 3.11. The summed E-state index contributed by atoms with van der Waals surface area (Å²) in [7, 11) is 0. The predicted molar refractivity (Wildman–Crippen MR) is 55.7 cm³/mol. The lowest BCUT2D eigenvalue weighted by Gasteiger charge is -2.07. The highest BCUT2D eigenvalue weighted by molar-refractivity contribution is 5.42. The number of hydrogen-bond donors (Lipinski definition) is 2. The molecule has 0 spiro atoms. The summed E-state index contributed by atoms with van der Waals surface area (Å²) in [4.78, 5) is 18.8. The fourth-order valence-corrected chi connectivity index (χ4v) is 1.44. The van der Waals surface area contributed by atoms with Crippen molar-refractivity contribution >= 4 is 5.82 Å². The first-order valence-electron chi connectivity index (χ1n) is 5.07. The van der Waals surface area contributed by atoms with Gasteiger partial charge < -0.3 is 10.3 Å². The minimum absolute atomic E-state index is 0.0159. The van der Waals surface area contributed by atoms with Crippen LogP contribution in [0.25, 0.3) is 0 Å². The molecule has 76 valence electrons. The van der Waals surface area contributed by atoms with Crippen LogP contribution < -0.4 is 10.9 Å². The first-order valence-corrected chi connectivity index (χ1v) is 5.07. The van der Waals surface area contributed by atoms with E-state index < -0.39 is 0 Å². The van der Waals surface area contributed by atoms with Gasteiger partial charge in [-0.1, -0.05) is 0 Å². The summed E-state index contributed by atoms with van der Waals surface area (Å²) in [5.41, 5.74) is 0.661. The van der Waals surface area contributed by atoms with Gasteiger partial charge in [-0.2, -0.15) is 0 Å². The van der Waals surface area contributed by atoms with E-state index in [4.69, 9.17) is 0 Å². The standard InChI is InChI=1S/C10H15N3O/c1-3-11-8-6(2)10(14)13-9(12-8)7-4-5-7/h7H,3-5H2,1-2H3,(H2,11,12,13,14). The Bertz CT molecular complexity index is 393. The molecule has 1 fully saturated rings. The van der Waals surface area contributed by atoms with Crippen LogP contribution in [0.3, 0.4) is 0 Å². The first-order chi connectivity index (χ1) is 6.72. The summed E-state index contributed by atoms with van der Waals surface area (Å²) in [5.74, 6) is 2.07. The molecular weight excluding hydrogens is 178 g/mol. The van der Waals surface area contributed by atoms with Crippen LogP contribution in [-0.2, 0) is 0 Å². The summed E-state index contributed by atoms with van der Waals surface area (Å²) in [6.07, 6.45) is 2.30. The van der Waals surface area contributed by atoms with E-state index in [0.29, 0.717) is 11.5 Å². The maximum Gasteiger partial charge on any atom is 0.255 e. The van der Waals surface area contributed by atoms with Crippen LogP contribution in [0.1, 0.15) is 37.1 Å². The van der Waals surface area contributed by atoms with Crippen LogP contribution in [0.15, 0.2) is 4.79 Å². The molecule has 1 heterocycles. The monoisotopic (exact) mass is 193 g/mol. The minimum atomic E-state index is -0.0159. The van der Waals surface area contributed by atoms with Gasteiger partial charge in [0.05, 0.1) is 5.56 Å². The summed E-state index contributed by atoms with van der Waals surface area (Å²) in [6.45, 7) is 4.58. The maximum atomic E-state index is 11.5. The number of aromatic nitrogens is 2. The van der Waals surface area contributed by atoms with E-state index in [1.54, 1.807) is 6.92 Å². The van der Waals surface area contributed by atoms with Gasteiger partial charge in [0, 0.05) is 12.5 Å². The van der Waals surface area contributed by atoms with E-state index >= 15 is 0 Å². The third-order valence-corrected chi connectivity index (χ3v) is 2.48. The molecule has 0 amide bonds. The predicted octanol–water partition coefficient (Wildman–Crippen LogP) is 1.39. The fraction of sp³-hybridized carbons (Fsp3) is 0.600. The molecule has 0 aliphatic heterocycles. The molecule has 0 atom stereocenters. The molecule has 4 heteroatoms. The van der Waals surface area contributed by atoms with Crippen molar-refractivity contribution in [2.24, 2.45) is 0 Å². The van der Waals surface area contributed by atoms with Gasteiger partial charge in [-0.05, 0) is 26.7 Å². The first kappa shape index (κ1) is 9.24. The van der Waals surface area contributed by atoms with Crippen molar-refractivity contribution in [3.63, 3.8) is 0 Å². The van der Waals surface area contributed by atoms with Gasteiger partial charge in [0.1, 0.15) is 11.6 Å². The Balaban J connectivity index is 2.41. The third-order valence-electron chi connectivity index (χ3n) is 2.48. The van der Waals surface area contributed by atoms with Crippen molar-refractivity contribution in [2.45, 2.75) is 32.6 Å². The highest BCUT2D eigenvalue weighted by Crippen LogP contribution is 2.37. The van der Waals surface area contributed by atoms with Gasteiger partial charge in [-0.3, -0.25) is 4.79 Å². The molecule has 1 aliphatic rings. The quantitative estimate of drug-likeness (QED) is 0.762. The van der Waals surface area contributed by atoms with Crippen LogP contribution in [-0.4, -0.2) is 16.5 Å². The van der Waals surface area contributed by atoms with E-state index in [2.05, 4.69) is 15.3 Å². The number of anilines is 1. The fourth-order valence-electron chi connectivity index (χ4n) is 1.44. The number of H-pyrrole nitrogens is 1. The molecule has 1 saturated carbocycles. The Hall–Kier alpha value is -1.32. The Kier molecular flexibility index (Phi) is 2.27. The zero-order valence-corrected chi connectivity index (χ0v) is 8.55. The topological polar surface area (TPSA) is 57.8 Å². The summed E-state index contributed by atoms with van der Waals surface area (Å²) >= 11 is 0. The molecule has 1 aromatic heterocycles. The molecule has 1 aliphatic carbocycles. The average molecular weight is 193 g/mol. The molecule has 0 radical (unpaired) electrons. The van der Waals surface area contributed by atoms with Crippen LogP contribution in [0, 0.1) is 6.92 Å². The van der Waals surface area contributed by atoms with Crippen molar-refractivity contribution in [1.29, 1.82) is 0 Å². The normalized spacial score (nSPS) is 15.6. The Morgan fingerprint density at radius 2 is 2.29 bits per heavy atom. The number of rotatable bonds is 3. The molecule has 0 aromatic carbocycles. The zero-order chi connectivity index (χ0) is 10.1. The number of hydrogen-bond acceptors (Lipinski definition) is 3. The van der Waals surface area contributed by atoms with Gasteiger partial charge in [0.15, 0.2) is 0 Å². The van der Waals surface area contributed by atoms with Crippen molar-refractivity contribution in [2.75, 3.05) is 11.9 Å². The van der Waals surface area contributed by atoms with Gasteiger partial charge in [0.2, 0.25) is 0 Å². The van der Waals surface area contributed by atoms with E-state index in [0.717, 1.165) is 31.0 Å². The number of aromatic amines is 1. The van der Waals surface area contributed by atoms with Crippen LogP contribution >= 0.6 is 0 Å². The summed E-state index contributed by atoms with van der Waals surface area (Å²) < 4.78 is 0.